The van der Waals surface area contributed by atoms with Crippen LogP contribution in [-0.2, 0) is 9.59 Å². The molecule has 1 amide bonds. The molecule has 0 saturated carbocycles. The van der Waals surface area contributed by atoms with Gasteiger partial charge in [-0.15, -0.1) is 0 Å². The third-order valence-electron chi connectivity index (χ3n) is 5.91. The zero-order valence-corrected chi connectivity index (χ0v) is 20.0. The number of hydrogen-bond donors (Lipinski definition) is 1. The molecule has 174 valence electrons. The van der Waals surface area contributed by atoms with Crippen molar-refractivity contribution in [2.45, 2.75) is 19.9 Å². The fraction of sp³-hybridized carbons (Fsp3) is 0.185. The minimum atomic E-state index is -0.840. The van der Waals surface area contributed by atoms with Gasteiger partial charge < -0.3 is 14.6 Å². The lowest BCUT2D eigenvalue weighted by Crippen LogP contribution is -2.30. The van der Waals surface area contributed by atoms with Gasteiger partial charge in [-0.25, -0.2) is 0 Å². The van der Waals surface area contributed by atoms with Crippen LogP contribution in [0.2, 0.25) is 5.02 Å². The van der Waals surface area contributed by atoms with Crippen molar-refractivity contribution < 1.29 is 24.2 Å². The molecule has 1 atom stereocenters. The maximum absolute atomic E-state index is 13.4. The van der Waals surface area contributed by atoms with E-state index in [2.05, 4.69) is 0 Å². The Bertz CT molecular complexity index is 1320. The molecule has 1 fully saturated rings. The van der Waals surface area contributed by atoms with Crippen molar-refractivity contribution >= 4 is 34.7 Å². The first-order chi connectivity index (χ1) is 16.3. The summed E-state index contributed by atoms with van der Waals surface area (Å²) in [5, 5.41) is 11.7. The number of ether oxygens (including phenoxy) is 2. The Morgan fingerprint density at radius 2 is 1.62 bits per heavy atom. The second-order valence-corrected chi connectivity index (χ2v) is 8.46. The van der Waals surface area contributed by atoms with E-state index in [0.717, 1.165) is 11.1 Å². The lowest BCUT2D eigenvalue weighted by atomic mass is 9.94. The van der Waals surface area contributed by atoms with Crippen LogP contribution in [-0.4, -0.2) is 31.0 Å². The van der Waals surface area contributed by atoms with Gasteiger partial charge in [0, 0.05) is 11.8 Å². The van der Waals surface area contributed by atoms with Gasteiger partial charge in [-0.1, -0.05) is 54.1 Å². The highest BCUT2D eigenvalue weighted by Crippen LogP contribution is 2.45. The van der Waals surface area contributed by atoms with Gasteiger partial charge in [0.05, 0.1) is 36.4 Å². The van der Waals surface area contributed by atoms with Crippen LogP contribution in [0.15, 0.2) is 66.2 Å². The minimum absolute atomic E-state index is 0.0448. The van der Waals surface area contributed by atoms with Crippen LogP contribution >= 0.6 is 11.6 Å². The molecule has 1 N–H and O–H groups in total. The van der Waals surface area contributed by atoms with Gasteiger partial charge in [0.2, 0.25) is 0 Å². The first-order valence-corrected chi connectivity index (χ1v) is 11.0. The smallest absolute Gasteiger partial charge is 0.300 e. The van der Waals surface area contributed by atoms with Gasteiger partial charge in [0.1, 0.15) is 17.3 Å². The number of carbonyl (C=O) groups is 2. The number of methoxy groups -OCH3 is 2. The maximum Gasteiger partial charge on any atom is 0.300 e. The van der Waals surface area contributed by atoms with E-state index in [1.807, 2.05) is 62.4 Å². The summed E-state index contributed by atoms with van der Waals surface area (Å²) in [6.45, 7) is 3.80. The van der Waals surface area contributed by atoms with Crippen molar-refractivity contribution in [2.24, 2.45) is 0 Å². The van der Waals surface area contributed by atoms with Gasteiger partial charge in [-0.3, -0.25) is 14.5 Å². The summed E-state index contributed by atoms with van der Waals surface area (Å²) in [6.07, 6.45) is 0. The van der Waals surface area contributed by atoms with Gasteiger partial charge in [-0.05, 0) is 42.7 Å². The number of amides is 1. The minimum Gasteiger partial charge on any atom is -0.507 e. The molecule has 1 unspecified atom stereocenters. The average Bonchev–Trinajstić information content (AvgIpc) is 3.10. The Morgan fingerprint density at radius 1 is 0.941 bits per heavy atom. The fourth-order valence-electron chi connectivity index (χ4n) is 4.20. The van der Waals surface area contributed by atoms with Gasteiger partial charge in [0.15, 0.2) is 0 Å². The molecule has 4 rings (SSSR count). The molecule has 7 heteroatoms. The summed E-state index contributed by atoms with van der Waals surface area (Å²) in [6, 6.07) is 17.0. The van der Waals surface area contributed by atoms with Crippen LogP contribution in [0.25, 0.3) is 5.76 Å². The number of hydrogen-bond acceptors (Lipinski definition) is 5. The van der Waals surface area contributed by atoms with Crippen molar-refractivity contribution in [3.63, 3.8) is 0 Å². The van der Waals surface area contributed by atoms with Crippen molar-refractivity contribution in [1.82, 2.24) is 0 Å². The molecule has 0 spiro atoms. The number of carbonyl (C=O) groups excluding carboxylic acids is 2. The molecule has 0 aliphatic carbocycles. The van der Waals surface area contributed by atoms with Crippen molar-refractivity contribution in [3.05, 3.63) is 93.5 Å². The molecule has 0 bridgehead atoms. The Balaban J connectivity index is 2.01. The predicted octanol–water partition coefficient (Wildman–Crippen LogP) is 5.60. The van der Waals surface area contributed by atoms with Crippen molar-refractivity contribution in [2.75, 3.05) is 19.1 Å². The van der Waals surface area contributed by atoms with E-state index in [9.17, 15) is 14.7 Å². The first-order valence-electron chi connectivity index (χ1n) is 10.6. The van der Waals surface area contributed by atoms with E-state index < -0.39 is 17.7 Å². The summed E-state index contributed by atoms with van der Waals surface area (Å²) in [4.78, 5) is 28.2. The number of Topliss-reactive ketones (excluding diaryl/α,β-unsaturated/α-hetero) is 1. The van der Waals surface area contributed by atoms with Crippen molar-refractivity contribution in [3.8, 4) is 11.5 Å². The predicted molar refractivity (Wildman–Crippen MR) is 132 cm³/mol. The highest BCUT2D eigenvalue weighted by Gasteiger charge is 2.47. The molecule has 3 aromatic carbocycles. The van der Waals surface area contributed by atoms with Gasteiger partial charge in [0.25, 0.3) is 11.7 Å². The number of nitrogens with zero attached hydrogens (tertiary/aromatic N) is 1. The molecule has 1 saturated heterocycles. The standard InChI is InChI=1S/C27H24ClNO5/c1-15-10-11-16(2)20(12-15)29-24(17-8-6-5-7-9-17)23(26(31)27(29)32)25(30)18-13-19(28)22(34-4)14-21(18)33-3/h5-14,24,30H,1-4H3/b25-23+. The first kappa shape index (κ1) is 23.4. The summed E-state index contributed by atoms with van der Waals surface area (Å²) >= 11 is 6.31. The number of aryl methyl sites for hydroxylation is 2. The molecular weight excluding hydrogens is 454 g/mol. The topological polar surface area (TPSA) is 76.1 Å². The summed E-state index contributed by atoms with van der Waals surface area (Å²) in [5.74, 6) is -1.28. The van der Waals surface area contributed by atoms with E-state index in [1.165, 1.54) is 31.3 Å². The van der Waals surface area contributed by atoms with Crippen LogP contribution in [0.1, 0.15) is 28.3 Å². The summed E-state index contributed by atoms with van der Waals surface area (Å²) in [7, 11) is 2.90. The molecule has 1 heterocycles. The van der Waals surface area contributed by atoms with Crippen LogP contribution in [0.5, 0.6) is 11.5 Å². The second kappa shape index (κ2) is 9.23. The highest BCUT2D eigenvalue weighted by molar-refractivity contribution is 6.52. The largest absolute Gasteiger partial charge is 0.507 e. The average molecular weight is 478 g/mol. The SMILES string of the molecule is COc1cc(OC)c(/C(O)=C2\C(=O)C(=O)N(c3cc(C)ccc3C)C2c2ccccc2)cc1Cl. The molecule has 3 aromatic rings. The number of ketones is 1. The highest BCUT2D eigenvalue weighted by atomic mass is 35.5. The third kappa shape index (κ3) is 3.90. The molecule has 1 aliphatic rings. The Hall–Kier alpha value is -3.77. The Morgan fingerprint density at radius 3 is 2.26 bits per heavy atom. The van der Waals surface area contributed by atoms with Crippen LogP contribution in [0, 0.1) is 13.8 Å². The number of aliphatic hydroxyl groups excluding tert-OH is 1. The fourth-order valence-corrected chi connectivity index (χ4v) is 4.44. The molecule has 1 aliphatic heterocycles. The number of rotatable bonds is 5. The van der Waals surface area contributed by atoms with Crippen molar-refractivity contribution in [1.29, 1.82) is 0 Å². The van der Waals surface area contributed by atoms with E-state index in [4.69, 9.17) is 21.1 Å². The maximum atomic E-state index is 13.4. The van der Waals surface area contributed by atoms with Gasteiger partial charge in [-0.2, -0.15) is 0 Å². The molecule has 0 radical (unpaired) electrons. The lowest BCUT2D eigenvalue weighted by Gasteiger charge is -2.27. The molecular formula is C27H24ClNO5. The second-order valence-electron chi connectivity index (χ2n) is 8.06. The summed E-state index contributed by atoms with van der Waals surface area (Å²) < 4.78 is 10.7. The molecule has 0 aromatic heterocycles. The number of aliphatic hydroxyl groups is 1. The van der Waals surface area contributed by atoms with E-state index in [0.29, 0.717) is 17.0 Å². The lowest BCUT2D eigenvalue weighted by molar-refractivity contribution is -0.132. The zero-order chi connectivity index (χ0) is 24.6. The zero-order valence-electron chi connectivity index (χ0n) is 19.3. The Kier molecular flexibility index (Phi) is 6.35. The number of benzene rings is 3. The monoisotopic (exact) mass is 477 g/mol. The Labute approximate surface area is 203 Å². The van der Waals surface area contributed by atoms with Crippen LogP contribution in [0.3, 0.4) is 0 Å². The molecule has 34 heavy (non-hydrogen) atoms. The number of anilines is 1. The van der Waals surface area contributed by atoms with E-state index in [1.54, 1.807) is 0 Å². The molecule has 6 nitrogen and oxygen atoms in total. The van der Waals surface area contributed by atoms with Crippen LogP contribution in [0.4, 0.5) is 5.69 Å². The quantitative estimate of drug-likeness (QED) is 0.294. The number of halogens is 1. The normalized spacial score (nSPS) is 17.2. The third-order valence-corrected chi connectivity index (χ3v) is 6.21. The van der Waals surface area contributed by atoms with Gasteiger partial charge >= 0.3 is 0 Å². The van der Waals surface area contributed by atoms with Crippen LogP contribution < -0.4 is 14.4 Å². The van der Waals surface area contributed by atoms with E-state index in [-0.39, 0.29) is 27.7 Å². The van der Waals surface area contributed by atoms with E-state index >= 15 is 0 Å². The summed E-state index contributed by atoms with van der Waals surface area (Å²) in [5.41, 5.74) is 3.21.